The van der Waals surface area contributed by atoms with Crippen LogP contribution in [0.4, 0.5) is 0 Å². The summed E-state index contributed by atoms with van der Waals surface area (Å²) in [5.74, 6) is 0.0542. The van der Waals surface area contributed by atoms with Gasteiger partial charge in [0.1, 0.15) is 27.3 Å². The number of nitrogens with zero attached hydrogens (tertiary/aromatic N) is 5. The number of thiophene rings is 1. The lowest BCUT2D eigenvalue weighted by molar-refractivity contribution is -0.161. The van der Waals surface area contributed by atoms with E-state index in [9.17, 15) is 14.4 Å². The molecule has 12 nitrogen and oxygen atoms in total. The Balaban J connectivity index is 1.41. The summed E-state index contributed by atoms with van der Waals surface area (Å²) in [5.41, 5.74) is -1.86. The predicted octanol–water partition coefficient (Wildman–Crippen LogP) is 4.42. The fourth-order valence-electron chi connectivity index (χ4n) is 6.86. The Morgan fingerprint density at radius 3 is 2.41 bits per heavy atom. The van der Waals surface area contributed by atoms with E-state index in [2.05, 4.69) is 10.2 Å². The van der Waals surface area contributed by atoms with Crippen LogP contribution in [0.25, 0.3) is 15.2 Å². The topological polar surface area (TPSA) is 129 Å². The maximum absolute atomic E-state index is 14.7. The molecular formula is C33H39N5O7S. The number of hydrogen-bond acceptors (Lipinski definition) is 10. The summed E-state index contributed by atoms with van der Waals surface area (Å²) in [7, 11) is 1.61. The zero-order chi connectivity index (χ0) is 32.4. The van der Waals surface area contributed by atoms with Gasteiger partial charge in [0, 0.05) is 11.1 Å². The second kappa shape index (κ2) is 11.5. The van der Waals surface area contributed by atoms with Crippen molar-refractivity contribution in [1.29, 1.82) is 0 Å². The Labute approximate surface area is 269 Å². The van der Waals surface area contributed by atoms with E-state index in [1.54, 1.807) is 44.8 Å². The lowest BCUT2D eigenvalue weighted by Gasteiger charge is -2.32. The molecule has 2 aliphatic heterocycles. The van der Waals surface area contributed by atoms with Crippen LogP contribution in [-0.2, 0) is 31.1 Å². The fourth-order valence-corrected chi connectivity index (χ4v) is 8.08. The van der Waals surface area contributed by atoms with Crippen LogP contribution in [0.3, 0.4) is 0 Å². The molecule has 0 spiro atoms. The van der Waals surface area contributed by atoms with Crippen LogP contribution < -0.4 is 16.0 Å². The van der Waals surface area contributed by atoms with Gasteiger partial charge in [0.25, 0.3) is 5.56 Å². The quantitative estimate of drug-likeness (QED) is 0.242. The van der Waals surface area contributed by atoms with E-state index in [0.29, 0.717) is 39.4 Å². The molecule has 7 rings (SSSR count). The van der Waals surface area contributed by atoms with Crippen molar-refractivity contribution >= 4 is 27.5 Å². The minimum absolute atomic E-state index is 0.0799. The third-order valence-corrected chi connectivity index (χ3v) is 10.4. The van der Waals surface area contributed by atoms with E-state index in [1.165, 1.54) is 16.1 Å². The van der Waals surface area contributed by atoms with Crippen molar-refractivity contribution in [3.8, 4) is 10.8 Å². The van der Waals surface area contributed by atoms with Gasteiger partial charge in [-0.3, -0.25) is 9.36 Å². The molecule has 3 aromatic heterocycles. The number of aromatic nitrogens is 5. The van der Waals surface area contributed by atoms with Crippen molar-refractivity contribution in [2.24, 2.45) is 0 Å². The maximum atomic E-state index is 14.7. The van der Waals surface area contributed by atoms with Crippen molar-refractivity contribution in [3.05, 3.63) is 68.6 Å². The van der Waals surface area contributed by atoms with E-state index < -0.39 is 34.5 Å². The van der Waals surface area contributed by atoms with Crippen molar-refractivity contribution in [1.82, 2.24) is 24.1 Å². The van der Waals surface area contributed by atoms with Crippen LogP contribution >= 0.6 is 11.3 Å². The fraction of sp³-hybridized carbons (Fsp3) is 0.545. The lowest BCUT2D eigenvalue weighted by Crippen LogP contribution is -2.50. The third kappa shape index (κ3) is 5.37. The summed E-state index contributed by atoms with van der Waals surface area (Å²) >= 11 is 1.26. The van der Waals surface area contributed by atoms with Gasteiger partial charge in [-0.1, -0.05) is 29.5 Å². The Hall–Kier alpha value is -3.81. The van der Waals surface area contributed by atoms with Gasteiger partial charge in [-0.05, 0) is 72.3 Å². The van der Waals surface area contributed by atoms with Crippen LogP contribution in [0.15, 0.2) is 46.2 Å². The average Bonchev–Trinajstić information content (AvgIpc) is 3.29. The summed E-state index contributed by atoms with van der Waals surface area (Å²) in [4.78, 5) is 44.6. The smallest absolute Gasteiger partial charge is 0.333 e. The van der Waals surface area contributed by atoms with Crippen molar-refractivity contribution in [2.45, 2.75) is 108 Å². The second-order valence-corrected chi connectivity index (χ2v) is 14.5. The first-order valence-electron chi connectivity index (χ1n) is 15.8. The number of hydrogen-bond donors (Lipinski definition) is 0. The minimum atomic E-state index is -1.38. The first kappa shape index (κ1) is 30.8. The van der Waals surface area contributed by atoms with E-state index in [-0.39, 0.29) is 24.9 Å². The molecule has 2 unspecified atom stereocenters. The molecule has 3 fully saturated rings. The summed E-state index contributed by atoms with van der Waals surface area (Å²) < 4.78 is 27.2. The SMILES string of the molecule is COc1ccccc1C(Cn1c(=O)n(C2(C(=O)OC(C)(C)C)CC2)c(=O)c2c(C)c(-n3nccn3)sc21)OC1C[C@H]2CC[C@@H](C1)O2. The number of rotatable bonds is 9. The number of esters is 1. The third-order valence-electron chi connectivity index (χ3n) is 9.16. The maximum Gasteiger partial charge on any atom is 0.333 e. The van der Waals surface area contributed by atoms with Crippen molar-refractivity contribution in [3.63, 3.8) is 0 Å². The molecule has 1 aromatic carbocycles. The largest absolute Gasteiger partial charge is 0.496 e. The van der Waals surface area contributed by atoms with Gasteiger partial charge in [0.2, 0.25) is 0 Å². The number of aryl methyl sites for hydroxylation is 1. The molecule has 46 heavy (non-hydrogen) atoms. The van der Waals surface area contributed by atoms with Crippen molar-refractivity contribution < 1.29 is 23.7 Å². The molecule has 1 saturated carbocycles. The highest BCUT2D eigenvalue weighted by molar-refractivity contribution is 7.21. The molecule has 4 aromatic rings. The number of carbonyl (C=O) groups is 1. The molecule has 0 amide bonds. The Bertz CT molecular complexity index is 1890. The molecule has 2 bridgehead atoms. The van der Waals surface area contributed by atoms with Gasteiger partial charge in [-0.25, -0.2) is 14.2 Å². The number of carbonyl (C=O) groups excluding carboxylic acids is 1. The molecule has 1 aliphatic carbocycles. The Morgan fingerprint density at radius 2 is 1.78 bits per heavy atom. The number of para-hydroxylation sites is 1. The zero-order valence-corrected chi connectivity index (χ0v) is 27.5. The van der Waals surface area contributed by atoms with E-state index >= 15 is 0 Å². The standard InChI is InChI=1S/C33H39N5O7S/c1-19-26-27(39)37(33(12-13-33)30(40)45-32(2,3)4)31(41)36(29(26)46-28(19)38-34-14-15-35-38)18-25(23-8-6-7-9-24(23)42-5)44-22-16-20-10-11-21(17-22)43-20/h6-9,14-15,20-22,25H,10-13,16-18H2,1-5H3/t20-,21+,22?,25?. The molecule has 5 heterocycles. The van der Waals surface area contributed by atoms with E-state index in [1.807, 2.05) is 31.2 Å². The molecular weight excluding hydrogens is 610 g/mol. The van der Waals surface area contributed by atoms with E-state index in [4.69, 9.17) is 18.9 Å². The molecule has 2 saturated heterocycles. The number of fused-ring (bicyclic) bond motifs is 3. The summed E-state index contributed by atoms with van der Waals surface area (Å²) in [6, 6.07) is 7.62. The molecule has 0 radical (unpaired) electrons. The molecule has 244 valence electrons. The Kier molecular flexibility index (Phi) is 7.68. The summed E-state index contributed by atoms with van der Waals surface area (Å²) in [5, 5.41) is 9.55. The van der Waals surface area contributed by atoms with Crippen LogP contribution in [-0.4, -0.2) is 61.1 Å². The number of benzene rings is 1. The number of ether oxygens (including phenoxy) is 4. The Morgan fingerprint density at radius 1 is 1.11 bits per heavy atom. The van der Waals surface area contributed by atoms with Crippen LogP contribution in [0, 0.1) is 6.92 Å². The van der Waals surface area contributed by atoms with Gasteiger partial charge < -0.3 is 18.9 Å². The van der Waals surface area contributed by atoms with E-state index in [0.717, 1.165) is 35.8 Å². The van der Waals surface area contributed by atoms with Gasteiger partial charge in [0.05, 0.1) is 49.7 Å². The highest BCUT2D eigenvalue weighted by Gasteiger charge is 2.56. The molecule has 3 aliphatic rings. The summed E-state index contributed by atoms with van der Waals surface area (Å²) in [6.45, 7) is 7.22. The van der Waals surface area contributed by atoms with Crippen LogP contribution in [0.1, 0.15) is 76.5 Å². The summed E-state index contributed by atoms with van der Waals surface area (Å²) in [6.07, 6.45) is 6.97. The van der Waals surface area contributed by atoms with Gasteiger partial charge >= 0.3 is 11.7 Å². The lowest BCUT2D eigenvalue weighted by atomic mass is 10.0. The molecule has 0 N–H and O–H groups in total. The first-order chi connectivity index (χ1) is 22.0. The monoisotopic (exact) mass is 649 g/mol. The normalized spacial score (nSPS) is 22.6. The minimum Gasteiger partial charge on any atom is -0.496 e. The van der Waals surface area contributed by atoms with Crippen LogP contribution in [0.2, 0.25) is 0 Å². The first-order valence-corrected chi connectivity index (χ1v) is 16.6. The van der Waals surface area contributed by atoms with Gasteiger partial charge in [-0.2, -0.15) is 10.2 Å². The predicted molar refractivity (Wildman–Crippen MR) is 171 cm³/mol. The van der Waals surface area contributed by atoms with Crippen molar-refractivity contribution in [2.75, 3.05) is 7.11 Å². The molecule has 13 heteroatoms. The second-order valence-electron chi connectivity index (χ2n) is 13.5. The molecule has 4 atom stereocenters. The van der Waals surface area contributed by atoms with Gasteiger partial charge in [-0.15, -0.1) is 4.80 Å². The highest BCUT2D eigenvalue weighted by atomic mass is 32.1. The average molecular weight is 650 g/mol. The van der Waals surface area contributed by atoms with Crippen LogP contribution in [0.5, 0.6) is 5.75 Å². The highest BCUT2D eigenvalue weighted by Crippen LogP contribution is 2.45. The number of methoxy groups -OCH3 is 1. The van der Waals surface area contributed by atoms with Gasteiger partial charge in [0.15, 0.2) is 5.54 Å². The zero-order valence-electron chi connectivity index (χ0n) is 26.7.